The van der Waals surface area contributed by atoms with Crippen LogP contribution in [0.15, 0.2) is 42.6 Å². The van der Waals surface area contributed by atoms with Crippen LogP contribution in [-0.4, -0.2) is 16.4 Å². The Morgan fingerprint density at radius 2 is 1.77 bits per heavy atom. The van der Waals surface area contributed by atoms with Gasteiger partial charge >= 0.3 is 6.18 Å². The lowest BCUT2D eigenvalue weighted by atomic mass is 9.89. The van der Waals surface area contributed by atoms with Crippen molar-refractivity contribution in [1.82, 2.24) is 4.98 Å². The standard InChI is InChI=1S/C18H14F4N2O2/c1-17(2,26-13-6-4-12(19)5-7-13)16(25)14(9-23)15-8-3-11(10-24-15)18(20,21)22/h3-8,10,14H,1-2H3. The SMILES string of the molecule is CC(C)(Oc1ccc(F)cc1)C(=O)C(C#N)c1ccc(C(F)(F)F)cn1. The Morgan fingerprint density at radius 1 is 1.15 bits per heavy atom. The van der Waals surface area contributed by atoms with Gasteiger partial charge < -0.3 is 4.74 Å². The van der Waals surface area contributed by atoms with Crippen LogP contribution in [0.3, 0.4) is 0 Å². The topological polar surface area (TPSA) is 63.0 Å². The first-order valence-electron chi connectivity index (χ1n) is 7.46. The molecule has 0 radical (unpaired) electrons. The molecule has 0 amide bonds. The lowest BCUT2D eigenvalue weighted by Gasteiger charge is -2.26. The number of rotatable bonds is 5. The molecule has 1 atom stereocenters. The molecule has 4 nitrogen and oxygen atoms in total. The molecule has 0 spiro atoms. The number of hydrogen-bond acceptors (Lipinski definition) is 4. The van der Waals surface area contributed by atoms with Crippen LogP contribution in [0.2, 0.25) is 0 Å². The largest absolute Gasteiger partial charge is 0.480 e. The molecular weight excluding hydrogens is 352 g/mol. The summed E-state index contributed by atoms with van der Waals surface area (Å²) in [7, 11) is 0. The number of nitrogens with zero attached hydrogens (tertiary/aromatic N) is 2. The molecule has 2 aromatic rings. The molecule has 0 aliphatic rings. The van der Waals surface area contributed by atoms with Crippen molar-refractivity contribution in [3.05, 3.63) is 59.7 Å². The van der Waals surface area contributed by atoms with E-state index in [-0.39, 0.29) is 11.4 Å². The van der Waals surface area contributed by atoms with Crippen LogP contribution >= 0.6 is 0 Å². The number of hydrogen-bond donors (Lipinski definition) is 0. The predicted octanol–water partition coefficient (Wildman–Crippen LogP) is 4.27. The first-order chi connectivity index (χ1) is 12.0. The number of pyridine rings is 1. The molecule has 0 aliphatic heterocycles. The van der Waals surface area contributed by atoms with Gasteiger partial charge in [0.25, 0.3) is 0 Å². The van der Waals surface area contributed by atoms with Gasteiger partial charge in [-0.25, -0.2) is 4.39 Å². The fourth-order valence-electron chi connectivity index (χ4n) is 2.20. The summed E-state index contributed by atoms with van der Waals surface area (Å²) in [6.45, 7) is 2.82. The molecular formula is C18H14F4N2O2. The lowest BCUT2D eigenvalue weighted by molar-refractivity contribution is -0.137. The molecule has 8 heteroatoms. The highest BCUT2D eigenvalue weighted by molar-refractivity contribution is 5.94. The summed E-state index contributed by atoms with van der Waals surface area (Å²) < 4.78 is 56.3. The van der Waals surface area contributed by atoms with Gasteiger partial charge in [0.05, 0.1) is 17.3 Å². The Balaban J connectivity index is 2.24. The van der Waals surface area contributed by atoms with E-state index in [9.17, 15) is 27.6 Å². The monoisotopic (exact) mass is 366 g/mol. The minimum absolute atomic E-state index is 0.110. The lowest BCUT2D eigenvalue weighted by Crippen LogP contribution is -2.41. The van der Waals surface area contributed by atoms with Crippen molar-refractivity contribution >= 4 is 5.78 Å². The zero-order valence-corrected chi connectivity index (χ0v) is 13.8. The van der Waals surface area contributed by atoms with Crippen molar-refractivity contribution in [2.24, 2.45) is 0 Å². The van der Waals surface area contributed by atoms with Crippen LogP contribution in [-0.2, 0) is 11.0 Å². The van der Waals surface area contributed by atoms with E-state index in [4.69, 9.17) is 4.74 Å². The van der Waals surface area contributed by atoms with Gasteiger partial charge in [-0.2, -0.15) is 18.4 Å². The fourth-order valence-corrected chi connectivity index (χ4v) is 2.20. The average molecular weight is 366 g/mol. The number of benzene rings is 1. The Labute approximate surface area is 147 Å². The van der Waals surface area contributed by atoms with Gasteiger partial charge in [-0.05, 0) is 50.2 Å². The molecule has 26 heavy (non-hydrogen) atoms. The normalized spacial score (nSPS) is 13.0. The number of Topliss-reactive ketones (excluding diaryl/α,β-unsaturated/α-hetero) is 1. The van der Waals surface area contributed by atoms with Gasteiger partial charge in [-0.1, -0.05) is 0 Å². The molecule has 0 bridgehead atoms. The molecule has 1 unspecified atom stereocenters. The van der Waals surface area contributed by atoms with E-state index < -0.39 is 34.9 Å². The van der Waals surface area contributed by atoms with Crippen LogP contribution in [0.4, 0.5) is 17.6 Å². The van der Waals surface area contributed by atoms with Crippen molar-refractivity contribution in [3.63, 3.8) is 0 Å². The van der Waals surface area contributed by atoms with Gasteiger partial charge in [-0.3, -0.25) is 9.78 Å². The molecule has 1 aromatic heterocycles. The molecule has 1 aromatic carbocycles. The first kappa shape index (κ1) is 19.4. The minimum Gasteiger partial charge on any atom is -0.480 e. The van der Waals surface area contributed by atoms with Crippen LogP contribution in [0.1, 0.15) is 31.0 Å². The van der Waals surface area contributed by atoms with Crippen LogP contribution in [0, 0.1) is 17.1 Å². The van der Waals surface area contributed by atoms with Gasteiger partial charge in [0, 0.05) is 6.20 Å². The van der Waals surface area contributed by atoms with Crippen LogP contribution < -0.4 is 4.74 Å². The van der Waals surface area contributed by atoms with E-state index in [2.05, 4.69) is 4.98 Å². The summed E-state index contributed by atoms with van der Waals surface area (Å²) in [6, 6.07) is 8.43. The quantitative estimate of drug-likeness (QED) is 0.742. The number of halogens is 4. The third-order valence-corrected chi connectivity index (χ3v) is 3.58. The van der Waals surface area contributed by atoms with E-state index in [1.165, 1.54) is 26.0 Å². The van der Waals surface area contributed by atoms with Gasteiger partial charge in [0.1, 0.15) is 11.6 Å². The van der Waals surface area contributed by atoms with E-state index in [1.807, 2.05) is 0 Å². The molecule has 2 rings (SSSR count). The van der Waals surface area contributed by atoms with Crippen LogP contribution in [0.5, 0.6) is 5.75 Å². The number of carbonyl (C=O) groups is 1. The fraction of sp³-hybridized carbons (Fsp3) is 0.278. The molecule has 1 heterocycles. The Morgan fingerprint density at radius 3 is 2.23 bits per heavy atom. The van der Waals surface area contributed by atoms with Gasteiger partial charge in [0.2, 0.25) is 0 Å². The highest BCUT2D eigenvalue weighted by atomic mass is 19.4. The number of aromatic nitrogens is 1. The summed E-state index contributed by atoms with van der Waals surface area (Å²) in [6.07, 6.45) is -4.00. The maximum Gasteiger partial charge on any atom is 0.417 e. The Hall–Kier alpha value is -2.95. The van der Waals surface area contributed by atoms with Crippen molar-refractivity contribution in [3.8, 4) is 11.8 Å². The van der Waals surface area contributed by atoms with E-state index >= 15 is 0 Å². The van der Waals surface area contributed by atoms with Crippen molar-refractivity contribution in [2.75, 3.05) is 0 Å². The second kappa shape index (κ2) is 7.12. The summed E-state index contributed by atoms with van der Waals surface area (Å²) in [5, 5.41) is 9.31. The molecule has 0 N–H and O–H groups in total. The predicted molar refractivity (Wildman–Crippen MR) is 83.7 cm³/mol. The van der Waals surface area contributed by atoms with Crippen LogP contribution in [0.25, 0.3) is 0 Å². The number of alkyl halides is 3. The van der Waals surface area contributed by atoms with E-state index in [0.717, 1.165) is 24.3 Å². The number of carbonyl (C=O) groups excluding carboxylic acids is 1. The maximum atomic E-state index is 12.9. The summed E-state index contributed by atoms with van der Waals surface area (Å²) in [4.78, 5) is 16.3. The van der Waals surface area contributed by atoms with Crippen molar-refractivity contribution in [1.29, 1.82) is 5.26 Å². The summed E-state index contributed by atoms with van der Waals surface area (Å²) in [5.41, 5.74) is -2.57. The van der Waals surface area contributed by atoms with E-state index in [1.54, 1.807) is 6.07 Å². The van der Waals surface area contributed by atoms with Crippen molar-refractivity contribution < 1.29 is 27.1 Å². The number of ketones is 1. The Kier molecular flexibility index (Phi) is 5.30. The highest BCUT2D eigenvalue weighted by Gasteiger charge is 2.38. The minimum atomic E-state index is -4.57. The van der Waals surface area contributed by atoms with Crippen molar-refractivity contribution in [2.45, 2.75) is 31.5 Å². The number of nitriles is 1. The maximum absolute atomic E-state index is 12.9. The van der Waals surface area contributed by atoms with E-state index in [0.29, 0.717) is 6.20 Å². The molecule has 0 saturated heterocycles. The highest BCUT2D eigenvalue weighted by Crippen LogP contribution is 2.30. The number of ether oxygens (including phenoxy) is 1. The third-order valence-electron chi connectivity index (χ3n) is 3.58. The van der Waals surface area contributed by atoms with Gasteiger partial charge in [0.15, 0.2) is 17.3 Å². The second-order valence-electron chi connectivity index (χ2n) is 5.96. The zero-order chi connectivity index (χ0) is 19.5. The molecule has 0 aliphatic carbocycles. The zero-order valence-electron chi connectivity index (χ0n) is 13.8. The first-order valence-corrected chi connectivity index (χ1v) is 7.46. The Bertz CT molecular complexity index is 822. The molecule has 0 fully saturated rings. The third kappa shape index (κ3) is 4.36. The van der Waals surface area contributed by atoms with Gasteiger partial charge in [-0.15, -0.1) is 0 Å². The summed E-state index contributed by atoms with van der Waals surface area (Å²) in [5.74, 6) is -2.36. The molecule has 0 saturated carbocycles. The molecule has 136 valence electrons. The second-order valence-corrected chi connectivity index (χ2v) is 5.96. The smallest absolute Gasteiger partial charge is 0.417 e. The average Bonchev–Trinajstić information content (AvgIpc) is 2.57. The summed E-state index contributed by atoms with van der Waals surface area (Å²) >= 11 is 0.